The highest BCUT2D eigenvalue weighted by Gasteiger charge is 2.10. The van der Waals surface area contributed by atoms with Gasteiger partial charge in [-0.15, -0.1) is 0 Å². The third kappa shape index (κ3) is 7.39. The average molecular weight is 203 g/mol. The zero-order valence-corrected chi connectivity index (χ0v) is 8.45. The molecule has 0 saturated carbocycles. The molecule has 81 valence electrons. The molecule has 0 aliphatic heterocycles. The quantitative estimate of drug-likeness (QED) is 0.358. The number of carbonyl (C=O) groups excluding carboxylic acids is 2. The van der Waals surface area contributed by atoms with Crippen LogP contribution >= 0.6 is 0 Å². The molecular weight excluding hydrogens is 188 g/mol. The predicted molar refractivity (Wildman–Crippen MR) is 48.2 cm³/mol. The minimum Gasteiger partial charge on any atom is -0.434 e. The van der Waals surface area contributed by atoms with Crippen LogP contribution in [-0.2, 0) is 19.0 Å². The van der Waals surface area contributed by atoms with Gasteiger partial charge in [-0.05, 0) is 6.42 Å². The van der Waals surface area contributed by atoms with Crippen molar-refractivity contribution in [1.82, 2.24) is 0 Å². The lowest BCUT2D eigenvalue weighted by molar-refractivity contribution is -0.0608. The molecular formula is C9H15O5. The lowest BCUT2D eigenvalue weighted by Crippen LogP contribution is -2.18. The molecule has 0 aliphatic rings. The van der Waals surface area contributed by atoms with Crippen molar-refractivity contribution in [3.63, 3.8) is 0 Å². The Morgan fingerprint density at radius 2 is 2.14 bits per heavy atom. The first kappa shape index (κ1) is 12.7. The van der Waals surface area contributed by atoms with Crippen LogP contribution in [0.25, 0.3) is 0 Å². The van der Waals surface area contributed by atoms with Gasteiger partial charge >= 0.3 is 12.6 Å². The first-order valence-corrected chi connectivity index (χ1v) is 4.57. The van der Waals surface area contributed by atoms with Gasteiger partial charge in [0, 0.05) is 6.92 Å². The molecule has 1 unspecified atom stereocenters. The van der Waals surface area contributed by atoms with Gasteiger partial charge in [-0.1, -0.05) is 19.8 Å². The van der Waals surface area contributed by atoms with Crippen LogP contribution in [0.15, 0.2) is 0 Å². The average Bonchev–Trinajstić information content (AvgIpc) is 2.13. The molecule has 0 fully saturated rings. The van der Waals surface area contributed by atoms with Gasteiger partial charge in [0.1, 0.15) is 0 Å². The van der Waals surface area contributed by atoms with E-state index in [9.17, 15) is 9.59 Å². The number of unbranched alkanes of at least 4 members (excludes halogenated alkanes) is 2. The van der Waals surface area contributed by atoms with E-state index in [0.29, 0.717) is 6.61 Å². The Hall–Kier alpha value is -1.26. The standard InChI is InChI=1S/C9H15O5/c1-3-4-5-6-12-9(11)14-8(2)13-7-10/h8H,3-6H2,1-2H3. The minimum absolute atomic E-state index is 0.324. The summed E-state index contributed by atoms with van der Waals surface area (Å²) in [6.07, 6.45) is 1.08. The highest BCUT2D eigenvalue weighted by Crippen LogP contribution is 1.98. The molecule has 0 spiro atoms. The van der Waals surface area contributed by atoms with E-state index in [0.717, 1.165) is 19.3 Å². The molecule has 0 aromatic carbocycles. The van der Waals surface area contributed by atoms with Crippen LogP contribution < -0.4 is 0 Å². The van der Waals surface area contributed by atoms with Crippen molar-refractivity contribution in [3.05, 3.63) is 0 Å². The topological polar surface area (TPSA) is 61.8 Å². The second-order valence-electron chi connectivity index (χ2n) is 2.69. The summed E-state index contributed by atoms with van der Waals surface area (Å²) in [6.45, 7) is 4.94. The fourth-order valence-electron chi connectivity index (χ4n) is 0.769. The Morgan fingerprint density at radius 3 is 2.71 bits per heavy atom. The molecule has 1 atom stereocenters. The fraction of sp³-hybridized carbons (Fsp3) is 0.778. The van der Waals surface area contributed by atoms with Crippen LogP contribution in [0, 0.1) is 0 Å². The first-order chi connectivity index (χ1) is 6.70. The highest BCUT2D eigenvalue weighted by atomic mass is 16.8. The summed E-state index contributed by atoms with van der Waals surface area (Å²) in [7, 11) is 0. The molecule has 0 saturated heterocycles. The molecule has 0 heterocycles. The summed E-state index contributed by atoms with van der Waals surface area (Å²) in [5, 5.41) is 0. The SMILES string of the molecule is CCCCCOC(=O)OC(C)O[C]=O. The fourth-order valence-corrected chi connectivity index (χ4v) is 0.769. The van der Waals surface area contributed by atoms with Crippen molar-refractivity contribution in [2.24, 2.45) is 0 Å². The van der Waals surface area contributed by atoms with Gasteiger partial charge in [0.05, 0.1) is 6.61 Å². The minimum atomic E-state index is -0.953. The lowest BCUT2D eigenvalue weighted by atomic mass is 10.3. The Balaban J connectivity index is 3.40. The summed E-state index contributed by atoms with van der Waals surface area (Å²) >= 11 is 0. The van der Waals surface area contributed by atoms with Gasteiger partial charge in [-0.25, -0.2) is 9.59 Å². The predicted octanol–water partition coefficient (Wildman–Crippen LogP) is 1.76. The highest BCUT2D eigenvalue weighted by molar-refractivity contribution is 5.60. The number of carbonyl (C=O) groups is 1. The zero-order chi connectivity index (χ0) is 10.8. The molecule has 0 bridgehead atoms. The maximum absolute atomic E-state index is 10.8. The van der Waals surface area contributed by atoms with Crippen LogP contribution in [0.1, 0.15) is 33.1 Å². The third-order valence-electron chi connectivity index (χ3n) is 1.44. The van der Waals surface area contributed by atoms with E-state index in [1.165, 1.54) is 13.4 Å². The van der Waals surface area contributed by atoms with Crippen LogP contribution in [0.3, 0.4) is 0 Å². The molecule has 0 aromatic rings. The molecule has 5 nitrogen and oxygen atoms in total. The van der Waals surface area contributed by atoms with Crippen molar-refractivity contribution in [1.29, 1.82) is 0 Å². The maximum atomic E-state index is 10.8. The maximum Gasteiger partial charge on any atom is 0.511 e. The summed E-state index contributed by atoms with van der Waals surface area (Å²) in [6, 6.07) is 0. The molecule has 0 amide bonds. The molecule has 0 aliphatic carbocycles. The Labute approximate surface area is 83.3 Å². The van der Waals surface area contributed by atoms with E-state index >= 15 is 0 Å². The zero-order valence-electron chi connectivity index (χ0n) is 8.45. The van der Waals surface area contributed by atoms with E-state index in [1.54, 1.807) is 0 Å². The van der Waals surface area contributed by atoms with Gasteiger partial charge < -0.3 is 14.2 Å². The summed E-state index contributed by atoms with van der Waals surface area (Å²) in [4.78, 5) is 20.6. The number of rotatable bonds is 7. The summed E-state index contributed by atoms with van der Waals surface area (Å²) in [5.41, 5.74) is 0. The van der Waals surface area contributed by atoms with E-state index in [2.05, 4.69) is 9.47 Å². The molecule has 5 heteroatoms. The van der Waals surface area contributed by atoms with Crippen LogP contribution in [0.2, 0.25) is 0 Å². The van der Waals surface area contributed by atoms with Crippen molar-refractivity contribution < 1.29 is 23.8 Å². The van der Waals surface area contributed by atoms with Crippen molar-refractivity contribution in [2.45, 2.75) is 39.4 Å². The van der Waals surface area contributed by atoms with Gasteiger partial charge in [0.25, 0.3) is 0 Å². The smallest absolute Gasteiger partial charge is 0.434 e. The van der Waals surface area contributed by atoms with Crippen molar-refractivity contribution in [3.8, 4) is 0 Å². The van der Waals surface area contributed by atoms with Crippen LogP contribution in [0.5, 0.6) is 0 Å². The third-order valence-corrected chi connectivity index (χ3v) is 1.44. The molecule has 1 radical (unpaired) electrons. The number of ether oxygens (including phenoxy) is 3. The lowest BCUT2D eigenvalue weighted by Gasteiger charge is -2.09. The van der Waals surface area contributed by atoms with Crippen molar-refractivity contribution in [2.75, 3.05) is 6.61 Å². The van der Waals surface area contributed by atoms with Crippen molar-refractivity contribution >= 4 is 12.6 Å². The Bertz CT molecular complexity index is 169. The van der Waals surface area contributed by atoms with E-state index in [1.807, 2.05) is 6.92 Å². The normalized spacial score (nSPS) is 11.6. The Kier molecular flexibility index (Phi) is 7.59. The Morgan fingerprint density at radius 1 is 1.43 bits per heavy atom. The molecule has 0 rings (SSSR count). The molecule has 0 N–H and O–H groups in total. The monoisotopic (exact) mass is 203 g/mol. The van der Waals surface area contributed by atoms with Gasteiger partial charge in [0.15, 0.2) is 0 Å². The van der Waals surface area contributed by atoms with Gasteiger partial charge in [0.2, 0.25) is 6.29 Å². The first-order valence-electron chi connectivity index (χ1n) is 4.57. The van der Waals surface area contributed by atoms with Gasteiger partial charge in [-0.3, -0.25) is 0 Å². The molecule has 14 heavy (non-hydrogen) atoms. The summed E-state index contributed by atoms with van der Waals surface area (Å²) < 4.78 is 13.4. The number of hydrogen-bond donors (Lipinski definition) is 0. The second kappa shape index (κ2) is 8.34. The largest absolute Gasteiger partial charge is 0.511 e. The van der Waals surface area contributed by atoms with Crippen LogP contribution in [-0.4, -0.2) is 25.5 Å². The van der Waals surface area contributed by atoms with E-state index < -0.39 is 12.4 Å². The second-order valence-corrected chi connectivity index (χ2v) is 2.69. The van der Waals surface area contributed by atoms with Gasteiger partial charge in [-0.2, -0.15) is 0 Å². The van der Waals surface area contributed by atoms with E-state index in [4.69, 9.17) is 4.74 Å². The van der Waals surface area contributed by atoms with Crippen LogP contribution in [0.4, 0.5) is 4.79 Å². The summed E-state index contributed by atoms with van der Waals surface area (Å²) in [5.74, 6) is 0. The number of hydrogen-bond acceptors (Lipinski definition) is 5. The van der Waals surface area contributed by atoms with E-state index in [-0.39, 0.29) is 0 Å². The molecule has 0 aromatic heterocycles.